The molecule has 0 spiro atoms. The minimum atomic E-state index is -0.446. The minimum Gasteiger partial charge on any atom is -0.368 e. The molecule has 0 aromatic rings. The van der Waals surface area contributed by atoms with Crippen LogP contribution >= 0.6 is 0 Å². The molecular weight excluding hydrogens is 182 g/mol. The summed E-state index contributed by atoms with van der Waals surface area (Å²) >= 11 is 0. The number of likely N-dealkylation sites (tertiary alicyclic amines) is 1. The second kappa shape index (κ2) is 5.29. The lowest BCUT2D eigenvalue weighted by molar-refractivity contribution is -0.126. The van der Waals surface area contributed by atoms with Crippen LogP contribution in [-0.4, -0.2) is 43.1 Å². The monoisotopic (exact) mass is 201 g/mol. The van der Waals surface area contributed by atoms with Gasteiger partial charge in [0.25, 0.3) is 0 Å². The lowest BCUT2D eigenvalue weighted by Gasteiger charge is -2.34. The topological polar surface area (TPSA) is 67.6 Å². The van der Waals surface area contributed by atoms with E-state index in [4.69, 9.17) is 10.6 Å². The van der Waals surface area contributed by atoms with Crippen LogP contribution in [0.25, 0.3) is 0 Å². The quantitative estimate of drug-likeness (QED) is 0.600. The first-order chi connectivity index (χ1) is 6.59. The van der Waals surface area contributed by atoms with Gasteiger partial charge in [0.2, 0.25) is 5.91 Å². The third kappa shape index (κ3) is 3.61. The van der Waals surface area contributed by atoms with Gasteiger partial charge in [-0.15, -0.1) is 0 Å². The summed E-state index contributed by atoms with van der Waals surface area (Å²) in [5, 5.41) is 0. The molecule has 2 atom stereocenters. The molecule has 0 aromatic heterocycles. The summed E-state index contributed by atoms with van der Waals surface area (Å²) in [5.74, 6) is -0.446. The molecule has 1 fully saturated rings. The van der Waals surface area contributed by atoms with Gasteiger partial charge in [0.15, 0.2) is 0 Å². The molecule has 0 radical (unpaired) electrons. The number of hydrogen-bond donors (Lipinski definition) is 2. The maximum atomic E-state index is 10.4. The van der Waals surface area contributed by atoms with E-state index in [1.807, 2.05) is 0 Å². The first-order valence-electron chi connectivity index (χ1n) is 4.95. The van der Waals surface area contributed by atoms with Crippen molar-refractivity contribution in [1.29, 1.82) is 0 Å². The van der Waals surface area contributed by atoms with E-state index in [2.05, 4.69) is 24.4 Å². The van der Waals surface area contributed by atoms with Gasteiger partial charge >= 0.3 is 0 Å². The van der Waals surface area contributed by atoms with Crippen molar-refractivity contribution in [3.05, 3.63) is 0 Å². The molecule has 2 unspecified atom stereocenters. The third-order valence-electron chi connectivity index (χ3n) is 2.67. The number of piperidine rings is 1. The lowest BCUT2D eigenvalue weighted by atomic mass is 10.00. The van der Waals surface area contributed by atoms with E-state index in [1.165, 1.54) is 0 Å². The molecule has 0 saturated carbocycles. The summed E-state index contributed by atoms with van der Waals surface area (Å²) in [7, 11) is 2.12. The molecule has 0 bridgehead atoms. The van der Waals surface area contributed by atoms with E-state index >= 15 is 0 Å². The Kier molecular flexibility index (Phi) is 4.31. The predicted molar refractivity (Wildman–Crippen MR) is 53.4 cm³/mol. The standard InChI is InChI=1S/C9H19N3O2/c1-7-5-8(3-4-12(7)2)11-14-6-9(10)13/h7-8,11H,3-6H2,1-2H3,(H2,10,13). The average Bonchev–Trinajstić information content (AvgIpc) is 2.10. The molecule has 5 nitrogen and oxygen atoms in total. The summed E-state index contributed by atoms with van der Waals surface area (Å²) in [6, 6.07) is 0.888. The maximum Gasteiger partial charge on any atom is 0.245 e. The van der Waals surface area contributed by atoms with Gasteiger partial charge in [-0.1, -0.05) is 0 Å². The molecule has 1 rings (SSSR count). The van der Waals surface area contributed by atoms with Crippen LogP contribution in [0.5, 0.6) is 0 Å². The first-order valence-corrected chi connectivity index (χ1v) is 4.95. The molecule has 1 aliphatic rings. The van der Waals surface area contributed by atoms with E-state index in [0.29, 0.717) is 12.1 Å². The van der Waals surface area contributed by atoms with Crippen molar-refractivity contribution in [2.24, 2.45) is 5.73 Å². The fourth-order valence-corrected chi connectivity index (χ4v) is 1.63. The molecule has 3 N–H and O–H groups in total. The highest BCUT2D eigenvalue weighted by Crippen LogP contribution is 2.14. The van der Waals surface area contributed by atoms with E-state index in [9.17, 15) is 4.79 Å². The third-order valence-corrected chi connectivity index (χ3v) is 2.67. The predicted octanol–water partition coefficient (Wildman–Crippen LogP) is -0.524. The zero-order chi connectivity index (χ0) is 10.6. The second-order valence-electron chi connectivity index (χ2n) is 3.92. The molecule has 1 amide bonds. The van der Waals surface area contributed by atoms with Gasteiger partial charge in [-0.25, -0.2) is 0 Å². The first kappa shape index (κ1) is 11.4. The Morgan fingerprint density at radius 1 is 1.71 bits per heavy atom. The van der Waals surface area contributed by atoms with E-state index in [0.717, 1.165) is 19.4 Å². The molecule has 1 aliphatic heterocycles. The molecule has 14 heavy (non-hydrogen) atoms. The summed E-state index contributed by atoms with van der Waals surface area (Å²) in [4.78, 5) is 17.7. The smallest absolute Gasteiger partial charge is 0.245 e. The Labute approximate surface area is 84.5 Å². The molecule has 5 heteroatoms. The zero-order valence-corrected chi connectivity index (χ0v) is 8.82. The van der Waals surface area contributed by atoms with Crippen LogP contribution < -0.4 is 11.2 Å². The number of nitrogens with zero attached hydrogens (tertiary/aromatic N) is 1. The summed E-state index contributed by atoms with van der Waals surface area (Å²) in [5.41, 5.74) is 7.82. The number of carbonyl (C=O) groups is 1. The van der Waals surface area contributed by atoms with Crippen molar-refractivity contribution in [2.45, 2.75) is 31.8 Å². The van der Waals surface area contributed by atoms with E-state index < -0.39 is 5.91 Å². The van der Waals surface area contributed by atoms with E-state index in [1.54, 1.807) is 0 Å². The zero-order valence-electron chi connectivity index (χ0n) is 8.82. The lowest BCUT2D eigenvalue weighted by Crippen LogP contribution is -2.46. The van der Waals surface area contributed by atoms with Gasteiger partial charge in [0.05, 0.1) is 0 Å². The van der Waals surface area contributed by atoms with Gasteiger partial charge in [0, 0.05) is 12.1 Å². The van der Waals surface area contributed by atoms with Crippen molar-refractivity contribution in [1.82, 2.24) is 10.4 Å². The van der Waals surface area contributed by atoms with Crippen molar-refractivity contribution in [2.75, 3.05) is 20.2 Å². The van der Waals surface area contributed by atoms with Crippen molar-refractivity contribution >= 4 is 5.91 Å². The number of nitrogens with one attached hydrogen (secondary N) is 1. The van der Waals surface area contributed by atoms with Crippen LogP contribution in [0.2, 0.25) is 0 Å². The van der Waals surface area contributed by atoms with E-state index in [-0.39, 0.29) is 6.61 Å². The van der Waals surface area contributed by atoms with Crippen molar-refractivity contribution in [3.8, 4) is 0 Å². The highest BCUT2D eigenvalue weighted by molar-refractivity contribution is 5.74. The fraction of sp³-hybridized carbons (Fsp3) is 0.889. The van der Waals surface area contributed by atoms with Crippen LogP contribution in [0.1, 0.15) is 19.8 Å². The van der Waals surface area contributed by atoms with Crippen LogP contribution in [0.4, 0.5) is 0 Å². The number of hydroxylamine groups is 1. The maximum absolute atomic E-state index is 10.4. The Hall–Kier alpha value is -0.650. The van der Waals surface area contributed by atoms with Gasteiger partial charge in [-0.3, -0.25) is 9.63 Å². The van der Waals surface area contributed by atoms with Gasteiger partial charge < -0.3 is 10.6 Å². The summed E-state index contributed by atoms with van der Waals surface area (Å²) in [6.45, 7) is 3.18. The Balaban J connectivity index is 2.16. The van der Waals surface area contributed by atoms with Gasteiger partial charge in [-0.05, 0) is 33.4 Å². The molecule has 1 heterocycles. The Bertz CT molecular complexity index is 198. The van der Waals surface area contributed by atoms with Crippen molar-refractivity contribution < 1.29 is 9.63 Å². The van der Waals surface area contributed by atoms with Crippen molar-refractivity contribution in [3.63, 3.8) is 0 Å². The minimum absolute atomic E-state index is 0.0548. The normalized spacial score (nSPS) is 29.0. The SMILES string of the molecule is CC1CC(NOCC(N)=O)CCN1C. The van der Waals surface area contributed by atoms with Gasteiger partial charge in [0.1, 0.15) is 6.61 Å². The number of rotatable bonds is 4. The molecule has 0 aromatic carbocycles. The molecular formula is C9H19N3O2. The van der Waals surface area contributed by atoms with Crippen LogP contribution in [0.15, 0.2) is 0 Å². The van der Waals surface area contributed by atoms with Crippen LogP contribution in [-0.2, 0) is 9.63 Å². The molecule has 82 valence electrons. The average molecular weight is 201 g/mol. The number of carbonyl (C=O) groups excluding carboxylic acids is 1. The molecule has 0 aliphatic carbocycles. The van der Waals surface area contributed by atoms with Crippen LogP contribution in [0.3, 0.4) is 0 Å². The number of hydrogen-bond acceptors (Lipinski definition) is 4. The highest BCUT2D eigenvalue weighted by atomic mass is 16.6. The summed E-state index contributed by atoms with van der Waals surface area (Å²) < 4.78 is 0. The summed E-state index contributed by atoms with van der Waals surface area (Å²) in [6.07, 6.45) is 2.08. The highest BCUT2D eigenvalue weighted by Gasteiger charge is 2.22. The molecule has 1 saturated heterocycles. The fourth-order valence-electron chi connectivity index (χ4n) is 1.63. The number of amides is 1. The van der Waals surface area contributed by atoms with Crippen LogP contribution in [0, 0.1) is 0 Å². The second-order valence-corrected chi connectivity index (χ2v) is 3.92. The number of primary amides is 1. The van der Waals surface area contributed by atoms with Gasteiger partial charge in [-0.2, -0.15) is 5.48 Å². The Morgan fingerprint density at radius 2 is 2.43 bits per heavy atom. The number of nitrogens with two attached hydrogens (primary N) is 1. The Morgan fingerprint density at radius 3 is 3.00 bits per heavy atom. The largest absolute Gasteiger partial charge is 0.368 e.